The van der Waals surface area contributed by atoms with Crippen molar-refractivity contribution < 1.29 is 0 Å². The molecule has 0 atom stereocenters. The molecule has 1 aromatic heterocycles. The molecule has 2 nitrogen and oxygen atoms in total. The van der Waals surface area contributed by atoms with Crippen molar-refractivity contribution in [2.75, 3.05) is 0 Å². The number of aromatic nitrogens is 1. The monoisotopic (exact) mass is 224 g/mol. The molecule has 0 radical (unpaired) electrons. The Balaban J connectivity index is 0.000000128. The van der Waals surface area contributed by atoms with Gasteiger partial charge in [-0.25, -0.2) is 0 Å². The van der Waals surface area contributed by atoms with Gasteiger partial charge in [0.1, 0.15) is 0 Å². The first-order chi connectivity index (χ1) is 8.40. The first-order valence-corrected chi connectivity index (χ1v) is 5.66. The van der Waals surface area contributed by atoms with Gasteiger partial charge in [0, 0.05) is 18.3 Å². The SMILES string of the molecule is NCc1ccccc1.c1ccc2[nH]ccc2c1. The highest BCUT2D eigenvalue weighted by atomic mass is 14.7. The predicted molar refractivity (Wildman–Crippen MR) is 72.6 cm³/mol. The fourth-order valence-electron chi connectivity index (χ4n) is 1.61. The molecule has 0 bridgehead atoms. The fraction of sp³-hybridized carbons (Fsp3) is 0.0667. The topological polar surface area (TPSA) is 41.8 Å². The standard InChI is InChI=1S/C8H7N.C7H9N/c1-2-4-8-7(3-1)5-6-9-8;8-6-7-4-2-1-3-5-7/h1-6,9H;1-5H,6,8H2. The van der Waals surface area contributed by atoms with Crippen LogP contribution in [0.5, 0.6) is 0 Å². The summed E-state index contributed by atoms with van der Waals surface area (Å²) >= 11 is 0. The second-order valence-electron chi connectivity index (χ2n) is 3.75. The maximum atomic E-state index is 5.35. The molecular weight excluding hydrogens is 208 g/mol. The minimum atomic E-state index is 0.640. The van der Waals surface area contributed by atoms with E-state index in [1.54, 1.807) is 0 Å². The molecule has 0 aliphatic heterocycles. The summed E-state index contributed by atoms with van der Waals surface area (Å²) in [5.74, 6) is 0. The Morgan fingerprint density at radius 2 is 1.53 bits per heavy atom. The van der Waals surface area contributed by atoms with E-state index in [-0.39, 0.29) is 0 Å². The average molecular weight is 224 g/mol. The summed E-state index contributed by atoms with van der Waals surface area (Å²) in [6, 6.07) is 20.3. The van der Waals surface area contributed by atoms with Gasteiger partial charge in [0.25, 0.3) is 0 Å². The normalized spacial score (nSPS) is 9.71. The molecular formula is C15H16N2. The molecule has 0 saturated carbocycles. The lowest BCUT2D eigenvalue weighted by atomic mass is 10.2. The van der Waals surface area contributed by atoms with Gasteiger partial charge in [-0.15, -0.1) is 0 Å². The van der Waals surface area contributed by atoms with Crippen LogP contribution in [-0.4, -0.2) is 4.98 Å². The van der Waals surface area contributed by atoms with Crippen molar-refractivity contribution in [3.63, 3.8) is 0 Å². The molecule has 3 aromatic rings. The van der Waals surface area contributed by atoms with Gasteiger partial charge in [0.2, 0.25) is 0 Å². The molecule has 17 heavy (non-hydrogen) atoms. The van der Waals surface area contributed by atoms with Crippen molar-refractivity contribution in [3.05, 3.63) is 72.4 Å². The number of H-pyrrole nitrogens is 1. The third-order valence-corrected chi connectivity index (χ3v) is 2.54. The van der Waals surface area contributed by atoms with E-state index >= 15 is 0 Å². The molecule has 3 N–H and O–H groups in total. The molecule has 0 amide bonds. The largest absolute Gasteiger partial charge is 0.361 e. The van der Waals surface area contributed by atoms with Gasteiger partial charge in [-0.2, -0.15) is 0 Å². The number of fused-ring (bicyclic) bond motifs is 1. The van der Waals surface area contributed by atoms with Crippen LogP contribution in [0.15, 0.2) is 66.9 Å². The van der Waals surface area contributed by atoms with Crippen molar-refractivity contribution in [1.29, 1.82) is 0 Å². The number of para-hydroxylation sites is 1. The van der Waals surface area contributed by atoms with E-state index in [4.69, 9.17) is 5.73 Å². The van der Waals surface area contributed by atoms with Gasteiger partial charge >= 0.3 is 0 Å². The highest BCUT2D eigenvalue weighted by Crippen LogP contribution is 2.09. The van der Waals surface area contributed by atoms with Crippen LogP contribution in [0, 0.1) is 0 Å². The number of hydrogen-bond donors (Lipinski definition) is 2. The molecule has 86 valence electrons. The van der Waals surface area contributed by atoms with E-state index in [1.165, 1.54) is 16.5 Å². The Morgan fingerprint density at radius 3 is 2.18 bits per heavy atom. The summed E-state index contributed by atoms with van der Waals surface area (Å²) in [5, 5.41) is 1.28. The summed E-state index contributed by atoms with van der Waals surface area (Å²) in [6.07, 6.45) is 1.95. The summed E-state index contributed by atoms with van der Waals surface area (Å²) in [4.78, 5) is 3.12. The van der Waals surface area contributed by atoms with Crippen LogP contribution in [0.2, 0.25) is 0 Å². The van der Waals surface area contributed by atoms with Gasteiger partial charge in [0.15, 0.2) is 0 Å². The number of rotatable bonds is 1. The van der Waals surface area contributed by atoms with Crippen LogP contribution in [0.4, 0.5) is 0 Å². The Hall–Kier alpha value is -2.06. The van der Waals surface area contributed by atoms with Crippen LogP contribution < -0.4 is 5.73 Å². The first-order valence-electron chi connectivity index (χ1n) is 5.66. The quantitative estimate of drug-likeness (QED) is 0.654. The van der Waals surface area contributed by atoms with Crippen molar-refractivity contribution in [2.45, 2.75) is 6.54 Å². The van der Waals surface area contributed by atoms with Crippen LogP contribution in [0.3, 0.4) is 0 Å². The van der Waals surface area contributed by atoms with Crippen LogP contribution in [0.25, 0.3) is 10.9 Å². The lowest BCUT2D eigenvalue weighted by Crippen LogP contribution is -1.94. The third-order valence-electron chi connectivity index (χ3n) is 2.54. The highest BCUT2D eigenvalue weighted by Gasteiger charge is 1.86. The second-order valence-corrected chi connectivity index (χ2v) is 3.75. The smallest absolute Gasteiger partial charge is 0.0453 e. The Morgan fingerprint density at radius 1 is 0.824 bits per heavy atom. The average Bonchev–Trinajstić information content (AvgIpc) is 2.89. The van der Waals surface area contributed by atoms with Crippen molar-refractivity contribution in [2.24, 2.45) is 5.73 Å². The third kappa shape index (κ3) is 3.20. The van der Waals surface area contributed by atoms with Gasteiger partial charge in [-0.3, -0.25) is 0 Å². The molecule has 0 fully saturated rings. The molecule has 0 saturated heterocycles. The molecule has 2 heteroatoms. The van der Waals surface area contributed by atoms with E-state index in [9.17, 15) is 0 Å². The second kappa shape index (κ2) is 5.87. The Labute approximate surface area is 101 Å². The zero-order chi connectivity index (χ0) is 11.9. The fourth-order valence-corrected chi connectivity index (χ4v) is 1.61. The van der Waals surface area contributed by atoms with E-state index in [0.717, 1.165) is 0 Å². The van der Waals surface area contributed by atoms with Gasteiger partial charge < -0.3 is 10.7 Å². The zero-order valence-corrected chi connectivity index (χ0v) is 9.64. The van der Waals surface area contributed by atoms with Crippen LogP contribution >= 0.6 is 0 Å². The van der Waals surface area contributed by atoms with Crippen molar-refractivity contribution in [1.82, 2.24) is 4.98 Å². The van der Waals surface area contributed by atoms with E-state index in [1.807, 2.05) is 48.7 Å². The molecule has 0 spiro atoms. The lowest BCUT2D eigenvalue weighted by molar-refractivity contribution is 1.07. The lowest BCUT2D eigenvalue weighted by Gasteiger charge is -1.90. The minimum Gasteiger partial charge on any atom is -0.361 e. The highest BCUT2D eigenvalue weighted by molar-refractivity contribution is 5.78. The number of hydrogen-bond acceptors (Lipinski definition) is 1. The van der Waals surface area contributed by atoms with Crippen molar-refractivity contribution in [3.8, 4) is 0 Å². The summed E-state index contributed by atoms with van der Waals surface area (Å²) in [6.45, 7) is 0.640. The molecule has 0 aliphatic rings. The maximum Gasteiger partial charge on any atom is 0.0453 e. The number of benzene rings is 2. The van der Waals surface area contributed by atoms with E-state index in [0.29, 0.717) is 6.54 Å². The summed E-state index contributed by atoms with van der Waals surface area (Å²) < 4.78 is 0. The Kier molecular flexibility index (Phi) is 3.95. The molecule has 3 rings (SSSR count). The van der Waals surface area contributed by atoms with Gasteiger partial charge in [-0.1, -0.05) is 48.5 Å². The maximum absolute atomic E-state index is 5.35. The zero-order valence-electron chi connectivity index (χ0n) is 9.64. The van der Waals surface area contributed by atoms with Crippen LogP contribution in [-0.2, 0) is 6.54 Å². The predicted octanol–water partition coefficient (Wildman–Crippen LogP) is 3.31. The van der Waals surface area contributed by atoms with E-state index in [2.05, 4.69) is 23.2 Å². The molecule has 1 heterocycles. The van der Waals surface area contributed by atoms with Crippen molar-refractivity contribution >= 4 is 10.9 Å². The molecule has 0 unspecified atom stereocenters. The number of aromatic amines is 1. The minimum absolute atomic E-state index is 0.640. The van der Waals surface area contributed by atoms with Crippen LogP contribution in [0.1, 0.15) is 5.56 Å². The first kappa shape index (κ1) is 11.4. The van der Waals surface area contributed by atoms with Gasteiger partial charge in [-0.05, 0) is 23.1 Å². The number of nitrogens with two attached hydrogens (primary N) is 1. The number of nitrogens with one attached hydrogen (secondary N) is 1. The Bertz CT molecular complexity index is 525. The van der Waals surface area contributed by atoms with E-state index < -0.39 is 0 Å². The molecule has 0 aliphatic carbocycles. The molecule has 2 aromatic carbocycles. The summed E-state index contributed by atoms with van der Waals surface area (Å²) in [7, 11) is 0. The van der Waals surface area contributed by atoms with Gasteiger partial charge in [0.05, 0.1) is 0 Å². The summed E-state index contributed by atoms with van der Waals surface area (Å²) in [5.41, 5.74) is 7.74.